The molecule has 1 aromatic heterocycles. The molecular formula is C7H9F2NS. The van der Waals surface area contributed by atoms with E-state index in [0.29, 0.717) is 0 Å². The Morgan fingerprint density at radius 2 is 2.36 bits per heavy atom. The van der Waals surface area contributed by atoms with Crippen LogP contribution in [-0.4, -0.2) is 4.98 Å². The number of thiazole rings is 1. The summed E-state index contributed by atoms with van der Waals surface area (Å²) in [6.45, 7) is 2.00. The summed E-state index contributed by atoms with van der Waals surface area (Å²) in [5.74, 6) is 0. The molecule has 0 saturated carbocycles. The van der Waals surface area contributed by atoms with Crippen LogP contribution < -0.4 is 0 Å². The molecule has 62 valence electrons. The first-order chi connectivity index (χ1) is 5.24. The van der Waals surface area contributed by atoms with Crippen molar-refractivity contribution in [2.75, 3.05) is 0 Å². The number of hydrogen-bond donors (Lipinski definition) is 0. The topological polar surface area (TPSA) is 12.9 Å². The van der Waals surface area contributed by atoms with Crippen LogP contribution in [0.15, 0.2) is 6.20 Å². The monoisotopic (exact) mass is 177 g/mol. The van der Waals surface area contributed by atoms with Crippen LogP contribution in [0.5, 0.6) is 0 Å². The van der Waals surface area contributed by atoms with Crippen molar-refractivity contribution in [1.29, 1.82) is 0 Å². The smallest absolute Gasteiger partial charge is 0.249 e. The van der Waals surface area contributed by atoms with Gasteiger partial charge in [-0.05, 0) is 12.8 Å². The van der Waals surface area contributed by atoms with Crippen molar-refractivity contribution in [3.63, 3.8) is 0 Å². The summed E-state index contributed by atoms with van der Waals surface area (Å²) in [7, 11) is 0. The van der Waals surface area contributed by atoms with Gasteiger partial charge in [0.2, 0.25) is 0 Å². The number of halogens is 2. The van der Waals surface area contributed by atoms with Gasteiger partial charge in [-0.2, -0.15) is 0 Å². The molecule has 1 heterocycles. The van der Waals surface area contributed by atoms with Crippen LogP contribution in [0.25, 0.3) is 0 Å². The van der Waals surface area contributed by atoms with Crippen molar-refractivity contribution in [3.05, 3.63) is 16.1 Å². The minimum atomic E-state index is -2.36. The second-order valence-corrected chi connectivity index (χ2v) is 3.35. The molecule has 0 aliphatic heterocycles. The Bertz CT molecular complexity index is 222. The Morgan fingerprint density at radius 3 is 2.82 bits per heavy atom. The van der Waals surface area contributed by atoms with Gasteiger partial charge in [-0.3, -0.25) is 0 Å². The van der Waals surface area contributed by atoms with E-state index < -0.39 is 6.43 Å². The number of aromatic nitrogens is 1. The highest BCUT2D eigenvalue weighted by Gasteiger charge is 2.10. The van der Waals surface area contributed by atoms with Gasteiger partial charge in [-0.15, -0.1) is 11.3 Å². The molecule has 1 rings (SSSR count). The molecule has 4 heteroatoms. The summed E-state index contributed by atoms with van der Waals surface area (Å²) >= 11 is 1.10. The van der Waals surface area contributed by atoms with E-state index in [1.165, 1.54) is 6.20 Å². The highest BCUT2D eigenvalue weighted by molar-refractivity contribution is 7.11. The number of alkyl halides is 2. The second-order valence-electron chi connectivity index (χ2n) is 2.21. The molecule has 0 atom stereocenters. The zero-order valence-corrected chi connectivity index (χ0v) is 7.00. The van der Waals surface area contributed by atoms with Crippen molar-refractivity contribution in [3.8, 4) is 0 Å². The molecule has 0 saturated heterocycles. The molecule has 11 heavy (non-hydrogen) atoms. The zero-order valence-electron chi connectivity index (χ0n) is 6.18. The Morgan fingerprint density at radius 1 is 1.64 bits per heavy atom. The van der Waals surface area contributed by atoms with E-state index in [2.05, 4.69) is 4.98 Å². The maximum Gasteiger partial charge on any atom is 0.274 e. The SMILES string of the molecule is CCCc1ncc(C(F)F)s1. The largest absolute Gasteiger partial charge is 0.274 e. The van der Waals surface area contributed by atoms with E-state index in [1.54, 1.807) is 0 Å². The molecule has 0 radical (unpaired) electrons. The Labute approximate surface area is 68.1 Å². The van der Waals surface area contributed by atoms with Crippen LogP contribution in [0.1, 0.15) is 29.7 Å². The molecule has 1 nitrogen and oxygen atoms in total. The molecule has 0 fully saturated rings. The molecule has 0 spiro atoms. The van der Waals surface area contributed by atoms with Crippen LogP contribution in [0.3, 0.4) is 0 Å². The van der Waals surface area contributed by atoms with E-state index in [9.17, 15) is 8.78 Å². The lowest BCUT2D eigenvalue weighted by Gasteiger charge is -1.89. The van der Waals surface area contributed by atoms with E-state index in [4.69, 9.17) is 0 Å². The van der Waals surface area contributed by atoms with Gasteiger partial charge in [0.25, 0.3) is 6.43 Å². The van der Waals surface area contributed by atoms with E-state index >= 15 is 0 Å². The fraction of sp³-hybridized carbons (Fsp3) is 0.571. The first kappa shape index (κ1) is 8.59. The quantitative estimate of drug-likeness (QED) is 0.691. The molecule has 1 aromatic rings. The van der Waals surface area contributed by atoms with E-state index in [-0.39, 0.29) is 4.88 Å². The predicted octanol–water partition coefficient (Wildman–Crippen LogP) is 3.03. The third-order valence-electron chi connectivity index (χ3n) is 1.25. The molecule has 0 unspecified atom stereocenters. The van der Waals surface area contributed by atoms with Crippen LogP contribution in [0.4, 0.5) is 8.78 Å². The van der Waals surface area contributed by atoms with Gasteiger partial charge in [0.05, 0.1) is 9.88 Å². The maximum atomic E-state index is 12.0. The average Bonchev–Trinajstić information content (AvgIpc) is 2.37. The number of hydrogen-bond acceptors (Lipinski definition) is 2. The van der Waals surface area contributed by atoms with Crippen molar-refractivity contribution in [2.45, 2.75) is 26.2 Å². The number of nitrogens with zero attached hydrogens (tertiary/aromatic N) is 1. The van der Waals surface area contributed by atoms with E-state index in [1.807, 2.05) is 6.92 Å². The summed E-state index contributed by atoms with van der Waals surface area (Å²) in [6.07, 6.45) is 0.659. The summed E-state index contributed by atoms with van der Waals surface area (Å²) in [5.41, 5.74) is 0. The summed E-state index contributed by atoms with van der Waals surface area (Å²) in [4.78, 5) is 3.94. The maximum absolute atomic E-state index is 12.0. The average molecular weight is 177 g/mol. The van der Waals surface area contributed by atoms with Crippen molar-refractivity contribution < 1.29 is 8.78 Å². The molecule has 0 aromatic carbocycles. The molecule has 0 bridgehead atoms. The highest BCUT2D eigenvalue weighted by atomic mass is 32.1. The van der Waals surface area contributed by atoms with Crippen molar-refractivity contribution in [1.82, 2.24) is 4.98 Å². The standard InChI is InChI=1S/C7H9F2NS/c1-2-3-6-10-4-5(11-6)7(8)9/h4,7H,2-3H2,1H3. The van der Waals surface area contributed by atoms with E-state index in [0.717, 1.165) is 29.2 Å². The van der Waals surface area contributed by atoms with Gasteiger partial charge in [0.15, 0.2) is 0 Å². The molecule has 0 aliphatic carbocycles. The fourth-order valence-corrected chi connectivity index (χ4v) is 1.63. The van der Waals surface area contributed by atoms with Gasteiger partial charge in [-0.25, -0.2) is 13.8 Å². The number of aryl methyl sites for hydroxylation is 1. The lowest BCUT2D eigenvalue weighted by Crippen LogP contribution is -1.76. The van der Waals surface area contributed by atoms with Crippen LogP contribution in [0.2, 0.25) is 0 Å². The first-order valence-electron chi connectivity index (χ1n) is 3.46. The first-order valence-corrected chi connectivity index (χ1v) is 4.28. The summed E-state index contributed by atoms with van der Waals surface area (Å²) in [5, 5.41) is 0.808. The lowest BCUT2D eigenvalue weighted by molar-refractivity contribution is 0.155. The Balaban J connectivity index is 2.66. The normalized spacial score (nSPS) is 10.9. The minimum Gasteiger partial charge on any atom is -0.249 e. The third kappa shape index (κ3) is 2.22. The van der Waals surface area contributed by atoms with Crippen LogP contribution in [0, 0.1) is 0 Å². The van der Waals surface area contributed by atoms with Gasteiger partial charge in [0.1, 0.15) is 0 Å². The van der Waals surface area contributed by atoms with Gasteiger partial charge in [0, 0.05) is 6.20 Å². The van der Waals surface area contributed by atoms with Crippen LogP contribution >= 0.6 is 11.3 Å². The van der Waals surface area contributed by atoms with Crippen LogP contribution in [-0.2, 0) is 6.42 Å². The predicted molar refractivity (Wildman–Crippen MR) is 41.1 cm³/mol. The molecule has 0 amide bonds. The lowest BCUT2D eigenvalue weighted by atomic mass is 10.4. The highest BCUT2D eigenvalue weighted by Crippen LogP contribution is 2.25. The summed E-state index contributed by atoms with van der Waals surface area (Å²) < 4.78 is 24.0. The van der Waals surface area contributed by atoms with Gasteiger partial charge < -0.3 is 0 Å². The van der Waals surface area contributed by atoms with Gasteiger partial charge >= 0.3 is 0 Å². The molecule has 0 aliphatic rings. The molecular weight excluding hydrogens is 168 g/mol. The van der Waals surface area contributed by atoms with Gasteiger partial charge in [-0.1, -0.05) is 6.92 Å². The molecule has 0 N–H and O–H groups in total. The second kappa shape index (κ2) is 3.76. The van der Waals surface area contributed by atoms with Crippen molar-refractivity contribution >= 4 is 11.3 Å². The Hall–Kier alpha value is -0.510. The third-order valence-corrected chi connectivity index (χ3v) is 2.31. The Kier molecular flexibility index (Phi) is 2.93. The number of rotatable bonds is 3. The van der Waals surface area contributed by atoms with Crippen molar-refractivity contribution in [2.24, 2.45) is 0 Å². The fourth-order valence-electron chi connectivity index (χ4n) is 0.755. The minimum absolute atomic E-state index is 0.0773. The zero-order chi connectivity index (χ0) is 8.27. The summed E-state index contributed by atoms with van der Waals surface area (Å²) in [6, 6.07) is 0.